The summed E-state index contributed by atoms with van der Waals surface area (Å²) in [5, 5.41) is 2.90. The highest BCUT2D eigenvalue weighted by Gasteiger charge is 2.18. The Balaban J connectivity index is 1.84. The van der Waals surface area contributed by atoms with Gasteiger partial charge in [-0.3, -0.25) is 4.79 Å². The average Bonchev–Trinajstić information content (AvgIpc) is 2.58. The zero-order chi connectivity index (χ0) is 19.1. The molecule has 0 heterocycles. The molecule has 0 aliphatic rings. The Hall–Kier alpha value is -2.49. The third kappa shape index (κ3) is 5.80. The van der Waals surface area contributed by atoms with E-state index in [1.54, 1.807) is 0 Å². The third-order valence-electron chi connectivity index (χ3n) is 4.14. The molecule has 0 aliphatic carbocycles. The highest BCUT2D eigenvalue weighted by Crippen LogP contribution is 2.21. The molecule has 2 aromatic carbocycles. The minimum atomic E-state index is -0.503. The third-order valence-corrected chi connectivity index (χ3v) is 4.14. The average molecular weight is 355 g/mol. The van der Waals surface area contributed by atoms with Gasteiger partial charge >= 0.3 is 0 Å². The topological polar surface area (TPSA) is 47.6 Å². The van der Waals surface area contributed by atoms with Crippen molar-refractivity contribution in [3.63, 3.8) is 0 Å². The molecule has 2 rings (SSSR count). The van der Waals surface area contributed by atoms with Gasteiger partial charge in [-0.15, -0.1) is 0 Å². The summed E-state index contributed by atoms with van der Waals surface area (Å²) in [6.07, 6.45) is 0.105. The predicted octanol–water partition coefficient (Wildman–Crippen LogP) is 4.27. The van der Waals surface area contributed by atoms with Crippen molar-refractivity contribution in [3.8, 4) is 11.5 Å². The Kier molecular flexibility index (Phi) is 7.07. The minimum Gasteiger partial charge on any atom is -0.492 e. The van der Waals surface area contributed by atoms with Crippen LogP contribution in [0.15, 0.2) is 36.4 Å². The molecule has 26 heavy (non-hydrogen) atoms. The van der Waals surface area contributed by atoms with Crippen LogP contribution < -0.4 is 14.8 Å². The minimum absolute atomic E-state index is 0.113. The molecule has 1 amide bonds. The maximum Gasteiger partial charge on any atom is 0.261 e. The zero-order valence-corrected chi connectivity index (χ0v) is 16.4. The van der Waals surface area contributed by atoms with Crippen molar-refractivity contribution in [2.75, 3.05) is 13.2 Å². The maximum atomic E-state index is 12.4. The van der Waals surface area contributed by atoms with E-state index >= 15 is 0 Å². The first kappa shape index (κ1) is 19.8. The number of carbonyl (C=O) groups excluding carboxylic acids is 1. The van der Waals surface area contributed by atoms with Gasteiger partial charge in [-0.2, -0.15) is 0 Å². The second kappa shape index (κ2) is 9.27. The number of amides is 1. The molecule has 1 atom stereocenters. The number of ether oxygens (including phenoxy) is 2. The Morgan fingerprint density at radius 2 is 1.69 bits per heavy atom. The summed E-state index contributed by atoms with van der Waals surface area (Å²) in [6, 6.07) is 12.1. The molecule has 140 valence electrons. The van der Waals surface area contributed by atoms with Crippen LogP contribution in [-0.2, 0) is 4.79 Å². The summed E-state index contributed by atoms with van der Waals surface area (Å²) < 4.78 is 11.7. The Bertz CT molecular complexity index is 735. The van der Waals surface area contributed by atoms with Gasteiger partial charge < -0.3 is 14.8 Å². The fourth-order valence-corrected chi connectivity index (χ4v) is 2.78. The molecule has 0 saturated carbocycles. The van der Waals surface area contributed by atoms with E-state index in [9.17, 15) is 4.79 Å². The lowest BCUT2D eigenvalue weighted by Gasteiger charge is -2.19. The van der Waals surface area contributed by atoms with Crippen molar-refractivity contribution in [1.82, 2.24) is 5.32 Å². The summed E-state index contributed by atoms with van der Waals surface area (Å²) in [4.78, 5) is 12.4. The van der Waals surface area contributed by atoms with Gasteiger partial charge in [0, 0.05) is 0 Å². The van der Waals surface area contributed by atoms with E-state index in [1.807, 2.05) is 65.0 Å². The summed E-state index contributed by atoms with van der Waals surface area (Å²) in [7, 11) is 0. The molecule has 0 radical (unpaired) electrons. The smallest absolute Gasteiger partial charge is 0.261 e. The Morgan fingerprint density at radius 1 is 1.00 bits per heavy atom. The van der Waals surface area contributed by atoms with Gasteiger partial charge in [0.1, 0.15) is 18.1 Å². The van der Waals surface area contributed by atoms with Crippen LogP contribution in [0.5, 0.6) is 11.5 Å². The van der Waals surface area contributed by atoms with Crippen LogP contribution in [0, 0.1) is 27.7 Å². The molecular weight excluding hydrogens is 326 g/mol. The molecule has 0 unspecified atom stereocenters. The van der Waals surface area contributed by atoms with Gasteiger partial charge in [0.25, 0.3) is 5.91 Å². The van der Waals surface area contributed by atoms with E-state index in [0.717, 1.165) is 33.8 Å². The van der Waals surface area contributed by atoms with Crippen molar-refractivity contribution in [3.05, 3.63) is 58.7 Å². The molecule has 4 nitrogen and oxygen atoms in total. The number of hydrogen-bond acceptors (Lipinski definition) is 3. The highest BCUT2D eigenvalue weighted by molar-refractivity contribution is 5.81. The first-order valence-electron chi connectivity index (χ1n) is 9.11. The van der Waals surface area contributed by atoms with Gasteiger partial charge in [-0.1, -0.05) is 25.1 Å². The van der Waals surface area contributed by atoms with Gasteiger partial charge in [0.15, 0.2) is 6.10 Å². The van der Waals surface area contributed by atoms with E-state index in [2.05, 4.69) is 11.4 Å². The number of carbonyl (C=O) groups is 1. The summed E-state index contributed by atoms with van der Waals surface area (Å²) in [5.74, 6) is 1.48. The van der Waals surface area contributed by atoms with E-state index < -0.39 is 6.10 Å². The van der Waals surface area contributed by atoms with Crippen LogP contribution in [0.2, 0.25) is 0 Å². The first-order valence-corrected chi connectivity index (χ1v) is 9.11. The van der Waals surface area contributed by atoms with Gasteiger partial charge in [-0.25, -0.2) is 0 Å². The largest absolute Gasteiger partial charge is 0.492 e. The van der Waals surface area contributed by atoms with Crippen molar-refractivity contribution in [2.45, 2.75) is 47.1 Å². The Morgan fingerprint density at radius 3 is 2.35 bits per heavy atom. The van der Waals surface area contributed by atoms with Crippen molar-refractivity contribution in [1.29, 1.82) is 0 Å². The molecule has 0 saturated heterocycles. The lowest BCUT2D eigenvalue weighted by atomic mass is 10.1. The first-order chi connectivity index (χ1) is 12.4. The van der Waals surface area contributed by atoms with Crippen LogP contribution in [-0.4, -0.2) is 25.2 Å². The zero-order valence-electron chi connectivity index (χ0n) is 16.4. The normalized spacial score (nSPS) is 11.7. The fraction of sp³-hybridized carbons (Fsp3) is 0.409. The van der Waals surface area contributed by atoms with E-state index in [4.69, 9.17) is 9.47 Å². The van der Waals surface area contributed by atoms with Crippen LogP contribution in [0.1, 0.15) is 35.6 Å². The van der Waals surface area contributed by atoms with Gasteiger partial charge in [-0.05, 0) is 74.6 Å². The molecule has 0 bridgehead atoms. The number of hydrogen-bond donors (Lipinski definition) is 1. The molecule has 0 aromatic heterocycles. The molecule has 1 N–H and O–H groups in total. The lowest BCUT2D eigenvalue weighted by molar-refractivity contribution is -0.128. The van der Waals surface area contributed by atoms with Gasteiger partial charge in [0.2, 0.25) is 0 Å². The van der Waals surface area contributed by atoms with Crippen LogP contribution >= 0.6 is 0 Å². The SMILES string of the molecule is CC[C@H](Oc1cc(C)ccc1C)C(=O)NCCOc1cc(C)cc(C)c1. The second-order valence-electron chi connectivity index (χ2n) is 6.75. The molecule has 4 heteroatoms. The van der Waals surface area contributed by atoms with Gasteiger partial charge in [0.05, 0.1) is 6.54 Å². The van der Waals surface area contributed by atoms with Crippen molar-refractivity contribution < 1.29 is 14.3 Å². The Labute approximate surface area is 156 Å². The standard InChI is InChI=1S/C22H29NO3/c1-6-20(26-21-14-15(2)7-8-18(21)5)22(24)23-9-10-25-19-12-16(3)11-17(4)13-19/h7-8,11-14,20H,6,9-10H2,1-5H3,(H,23,24)/t20-/m0/s1. The fourth-order valence-electron chi connectivity index (χ4n) is 2.78. The van der Waals surface area contributed by atoms with Crippen molar-refractivity contribution in [2.24, 2.45) is 0 Å². The van der Waals surface area contributed by atoms with E-state index in [0.29, 0.717) is 19.6 Å². The number of aryl methyl sites for hydroxylation is 4. The molecule has 0 fully saturated rings. The maximum absolute atomic E-state index is 12.4. The highest BCUT2D eigenvalue weighted by atomic mass is 16.5. The van der Waals surface area contributed by atoms with Crippen LogP contribution in [0.25, 0.3) is 0 Å². The van der Waals surface area contributed by atoms with E-state index in [1.165, 1.54) is 0 Å². The van der Waals surface area contributed by atoms with Crippen LogP contribution in [0.3, 0.4) is 0 Å². The number of rotatable bonds is 8. The number of benzene rings is 2. The summed E-state index contributed by atoms with van der Waals surface area (Å²) in [5.41, 5.74) is 4.47. The lowest BCUT2D eigenvalue weighted by Crippen LogP contribution is -2.39. The summed E-state index contributed by atoms with van der Waals surface area (Å²) in [6.45, 7) is 10.9. The summed E-state index contributed by atoms with van der Waals surface area (Å²) >= 11 is 0. The van der Waals surface area contributed by atoms with Crippen molar-refractivity contribution >= 4 is 5.91 Å². The second-order valence-corrected chi connectivity index (χ2v) is 6.75. The molecular formula is C22H29NO3. The monoisotopic (exact) mass is 355 g/mol. The molecule has 0 spiro atoms. The molecule has 0 aliphatic heterocycles. The molecule has 2 aromatic rings. The van der Waals surface area contributed by atoms with Crippen LogP contribution in [0.4, 0.5) is 0 Å². The van der Waals surface area contributed by atoms with E-state index in [-0.39, 0.29) is 5.91 Å². The quantitative estimate of drug-likeness (QED) is 0.719. The number of nitrogens with one attached hydrogen (secondary N) is 1. The predicted molar refractivity (Wildman–Crippen MR) is 105 cm³/mol.